The Balaban J connectivity index is 1.75. The number of fused-ring (bicyclic) bond motifs is 1. The fourth-order valence-electron chi connectivity index (χ4n) is 6.77. The molecule has 7 heteroatoms. The van der Waals surface area contributed by atoms with Crippen LogP contribution in [0.4, 0.5) is 0 Å². The number of benzene rings is 1. The highest BCUT2D eigenvalue weighted by Crippen LogP contribution is 2.67. The lowest BCUT2D eigenvalue weighted by atomic mass is 9.49. The van der Waals surface area contributed by atoms with Crippen LogP contribution in [0.15, 0.2) is 36.4 Å². The highest BCUT2D eigenvalue weighted by molar-refractivity contribution is 5.87. The van der Waals surface area contributed by atoms with E-state index in [4.69, 9.17) is 18.9 Å². The van der Waals surface area contributed by atoms with Crippen molar-refractivity contribution < 1.29 is 33.3 Å². The molecule has 2 aliphatic carbocycles. The number of hydrogen-bond donors (Lipinski definition) is 0. The molecule has 35 heavy (non-hydrogen) atoms. The van der Waals surface area contributed by atoms with E-state index in [1.54, 1.807) is 6.08 Å². The molecule has 190 valence electrons. The summed E-state index contributed by atoms with van der Waals surface area (Å²) in [5, 5.41) is 0. The molecule has 2 bridgehead atoms. The number of carbonyl (C=O) groups is 3. The standard InChI is InChI=1S/C28H36O7/c1-17-14-22(32-18(2)29)25(34-24(31)13-12-20-10-8-7-9-11-20)27(6)23(33-19(3)30)15-21-16-28(17,27)35-26(21,4)5/h7-13,17,21-23,25H,14-16H2,1-6H3/t17-,21-,22+,23+,25-,27-,28+/m1/s1. The minimum Gasteiger partial charge on any atom is -0.462 e. The molecule has 2 saturated carbocycles. The van der Waals surface area contributed by atoms with Gasteiger partial charge in [-0.1, -0.05) is 37.3 Å². The van der Waals surface area contributed by atoms with Crippen LogP contribution in [0.5, 0.6) is 0 Å². The Morgan fingerprint density at radius 2 is 1.63 bits per heavy atom. The van der Waals surface area contributed by atoms with Gasteiger partial charge < -0.3 is 18.9 Å². The molecule has 0 amide bonds. The molecule has 0 radical (unpaired) electrons. The third-order valence-electron chi connectivity index (χ3n) is 8.45. The van der Waals surface area contributed by atoms with Crippen LogP contribution in [0.3, 0.4) is 0 Å². The zero-order chi connectivity index (χ0) is 25.6. The fraction of sp³-hybridized carbons (Fsp3) is 0.607. The summed E-state index contributed by atoms with van der Waals surface area (Å²) in [6, 6.07) is 9.44. The van der Waals surface area contributed by atoms with Gasteiger partial charge in [0.25, 0.3) is 0 Å². The molecule has 3 fully saturated rings. The maximum absolute atomic E-state index is 13.1. The summed E-state index contributed by atoms with van der Waals surface area (Å²) >= 11 is 0. The average molecular weight is 485 g/mol. The van der Waals surface area contributed by atoms with Gasteiger partial charge in [0.2, 0.25) is 0 Å². The van der Waals surface area contributed by atoms with E-state index >= 15 is 0 Å². The fourth-order valence-corrected chi connectivity index (χ4v) is 6.77. The lowest BCUT2D eigenvalue weighted by molar-refractivity contribution is -0.284. The first kappa shape index (κ1) is 25.4. The van der Waals surface area contributed by atoms with Crippen LogP contribution in [-0.4, -0.2) is 47.4 Å². The second-order valence-corrected chi connectivity index (χ2v) is 11.0. The van der Waals surface area contributed by atoms with Gasteiger partial charge in [0.1, 0.15) is 12.2 Å². The summed E-state index contributed by atoms with van der Waals surface area (Å²) in [6.07, 6.45) is 2.78. The second kappa shape index (κ2) is 9.08. The van der Waals surface area contributed by atoms with Crippen molar-refractivity contribution in [2.75, 3.05) is 0 Å². The van der Waals surface area contributed by atoms with Gasteiger partial charge in [-0.05, 0) is 63.5 Å². The molecule has 1 spiro atoms. The highest BCUT2D eigenvalue weighted by atomic mass is 16.6. The van der Waals surface area contributed by atoms with Gasteiger partial charge in [0, 0.05) is 19.9 Å². The molecule has 0 N–H and O–H groups in total. The predicted octanol–water partition coefficient (Wildman–Crippen LogP) is 4.48. The molecule has 0 aromatic heterocycles. The lowest BCUT2D eigenvalue weighted by Gasteiger charge is -2.61. The maximum Gasteiger partial charge on any atom is 0.331 e. The van der Waals surface area contributed by atoms with Crippen LogP contribution in [0.25, 0.3) is 6.08 Å². The molecule has 7 atom stereocenters. The van der Waals surface area contributed by atoms with Crippen LogP contribution in [0.2, 0.25) is 0 Å². The van der Waals surface area contributed by atoms with Gasteiger partial charge in [-0.15, -0.1) is 0 Å². The Morgan fingerprint density at radius 3 is 2.26 bits per heavy atom. The van der Waals surface area contributed by atoms with E-state index in [1.807, 2.05) is 37.3 Å². The molecule has 1 saturated heterocycles. The van der Waals surface area contributed by atoms with Crippen LogP contribution < -0.4 is 0 Å². The van der Waals surface area contributed by atoms with E-state index in [0.717, 1.165) is 12.0 Å². The number of hydrogen-bond acceptors (Lipinski definition) is 7. The number of esters is 3. The van der Waals surface area contributed by atoms with Crippen molar-refractivity contribution in [2.24, 2.45) is 17.3 Å². The van der Waals surface area contributed by atoms with E-state index < -0.39 is 52.8 Å². The largest absolute Gasteiger partial charge is 0.462 e. The van der Waals surface area contributed by atoms with E-state index in [-0.39, 0.29) is 11.8 Å². The lowest BCUT2D eigenvalue weighted by Crippen LogP contribution is -2.71. The van der Waals surface area contributed by atoms with Crippen LogP contribution in [0, 0.1) is 17.3 Å². The van der Waals surface area contributed by atoms with Gasteiger partial charge in [-0.25, -0.2) is 4.79 Å². The average Bonchev–Trinajstić information content (AvgIpc) is 3.01. The van der Waals surface area contributed by atoms with Crippen molar-refractivity contribution >= 4 is 24.0 Å². The molecular formula is C28H36O7. The van der Waals surface area contributed by atoms with Gasteiger partial charge in [0.05, 0.1) is 16.6 Å². The van der Waals surface area contributed by atoms with E-state index in [1.165, 1.54) is 19.9 Å². The highest BCUT2D eigenvalue weighted by Gasteiger charge is 2.75. The molecule has 4 rings (SSSR count). The molecule has 1 aliphatic heterocycles. The normalized spacial score (nSPS) is 37.4. The predicted molar refractivity (Wildman–Crippen MR) is 129 cm³/mol. The SMILES string of the molecule is CC(=O)O[C@H]1C[C@@H](C)[C@@]23C[C@@H](C[C@H](OC(C)=O)[C@]2(C)[C@@H]1OC(=O)C=Cc1ccccc1)C(C)(C)O3. The molecule has 0 unspecified atom stereocenters. The first-order valence-electron chi connectivity index (χ1n) is 12.4. The first-order chi connectivity index (χ1) is 16.4. The Bertz CT molecular complexity index is 1020. The van der Waals surface area contributed by atoms with E-state index in [0.29, 0.717) is 12.8 Å². The molecule has 1 heterocycles. The summed E-state index contributed by atoms with van der Waals surface area (Å²) in [7, 11) is 0. The Hall–Kier alpha value is -2.67. The third-order valence-corrected chi connectivity index (χ3v) is 8.45. The quantitative estimate of drug-likeness (QED) is 0.346. The second-order valence-electron chi connectivity index (χ2n) is 11.0. The van der Waals surface area contributed by atoms with Crippen molar-refractivity contribution in [1.82, 2.24) is 0 Å². The molecular weight excluding hydrogens is 448 g/mol. The van der Waals surface area contributed by atoms with Crippen LogP contribution >= 0.6 is 0 Å². The Labute approximate surface area is 207 Å². The Morgan fingerprint density at radius 1 is 0.971 bits per heavy atom. The summed E-state index contributed by atoms with van der Waals surface area (Å²) in [4.78, 5) is 37.3. The smallest absolute Gasteiger partial charge is 0.331 e. The maximum atomic E-state index is 13.1. The molecule has 1 aromatic carbocycles. The van der Waals surface area contributed by atoms with Crippen molar-refractivity contribution in [1.29, 1.82) is 0 Å². The molecule has 7 nitrogen and oxygen atoms in total. The summed E-state index contributed by atoms with van der Waals surface area (Å²) < 4.78 is 24.6. The summed E-state index contributed by atoms with van der Waals surface area (Å²) in [5.74, 6) is -1.24. The van der Waals surface area contributed by atoms with E-state index in [9.17, 15) is 14.4 Å². The van der Waals surface area contributed by atoms with Gasteiger partial charge in [-0.2, -0.15) is 0 Å². The first-order valence-corrected chi connectivity index (χ1v) is 12.4. The summed E-state index contributed by atoms with van der Waals surface area (Å²) in [6.45, 7) is 10.9. The monoisotopic (exact) mass is 484 g/mol. The summed E-state index contributed by atoms with van der Waals surface area (Å²) in [5.41, 5.74) is -1.19. The number of rotatable bonds is 5. The minimum atomic E-state index is -0.920. The topological polar surface area (TPSA) is 88.1 Å². The van der Waals surface area contributed by atoms with Crippen LogP contribution in [-0.2, 0) is 33.3 Å². The van der Waals surface area contributed by atoms with Crippen LogP contribution in [0.1, 0.15) is 66.4 Å². The van der Waals surface area contributed by atoms with E-state index in [2.05, 4.69) is 20.8 Å². The van der Waals surface area contributed by atoms with Crippen molar-refractivity contribution in [2.45, 2.75) is 90.3 Å². The molecule has 1 aromatic rings. The van der Waals surface area contributed by atoms with Gasteiger partial charge in [-0.3, -0.25) is 9.59 Å². The zero-order valence-electron chi connectivity index (χ0n) is 21.4. The number of carbonyl (C=O) groups excluding carboxylic acids is 3. The van der Waals surface area contributed by atoms with Gasteiger partial charge in [0.15, 0.2) is 6.10 Å². The number of ether oxygens (including phenoxy) is 4. The van der Waals surface area contributed by atoms with Crippen molar-refractivity contribution in [3.63, 3.8) is 0 Å². The van der Waals surface area contributed by atoms with Gasteiger partial charge >= 0.3 is 17.9 Å². The zero-order valence-corrected chi connectivity index (χ0v) is 21.4. The Kier molecular flexibility index (Phi) is 6.60. The van der Waals surface area contributed by atoms with Crippen molar-refractivity contribution in [3.05, 3.63) is 42.0 Å². The minimum absolute atomic E-state index is 0.0192. The van der Waals surface area contributed by atoms with Crippen molar-refractivity contribution in [3.8, 4) is 0 Å². The molecule has 3 aliphatic rings. The third kappa shape index (κ3) is 4.39.